The average Bonchev–Trinajstić information content (AvgIpc) is 3.21. The highest BCUT2D eigenvalue weighted by Gasteiger charge is 2.38. The van der Waals surface area contributed by atoms with Gasteiger partial charge in [-0.25, -0.2) is 22.9 Å². The third kappa shape index (κ3) is 4.86. The van der Waals surface area contributed by atoms with Gasteiger partial charge in [0.25, 0.3) is 0 Å². The number of nitrogens with one attached hydrogen (secondary N) is 1. The third-order valence-electron chi connectivity index (χ3n) is 6.00. The van der Waals surface area contributed by atoms with E-state index in [1.165, 1.54) is 42.2 Å². The fraction of sp³-hybridized carbons (Fsp3) is 0.250. The molecule has 9 nitrogen and oxygen atoms in total. The molecule has 0 amide bonds. The van der Waals surface area contributed by atoms with Crippen molar-refractivity contribution in [3.63, 3.8) is 0 Å². The van der Waals surface area contributed by atoms with Gasteiger partial charge in [-0.3, -0.25) is 4.90 Å². The van der Waals surface area contributed by atoms with Gasteiger partial charge in [0.15, 0.2) is 0 Å². The van der Waals surface area contributed by atoms with E-state index in [0.717, 1.165) is 23.0 Å². The number of aromatic amines is 1. The lowest BCUT2D eigenvalue weighted by molar-refractivity contribution is -0.137. The fourth-order valence-electron chi connectivity index (χ4n) is 4.31. The first-order chi connectivity index (χ1) is 17.4. The van der Waals surface area contributed by atoms with E-state index in [9.17, 15) is 36.9 Å². The van der Waals surface area contributed by atoms with Crippen LogP contribution in [0.25, 0.3) is 0 Å². The molecule has 13 heteroatoms. The Labute approximate surface area is 209 Å². The molecule has 1 aliphatic rings. The zero-order valence-electron chi connectivity index (χ0n) is 19.5. The monoisotopic (exact) mass is 528 g/mol. The van der Waals surface area contributed by atoms with Gasteiger partial charge in [0, 0.05) is 17.6 Å². The lowest BCUT2D eigenvalue weighted by Crippen LogP contribution is -2.35. The number of aromatic nitrogens is 3. The van der Waals surface area contributed by atoms with Gasteiger partial charge in [0.2, 0.25) is 5.95 Å². The van der Waals surface area contributed by atoms with Crippen molar-refractivity contribution in [1.29, 1.82) is 10.5 Å². The van der Waals surface area contributed by atoms with Crippen LogP contribution >= 0.6 is 0 Å². The number of hydrogen-bond acceptors (Lipinski definition) is 7. The average molecular weight is 529 g/mol. The lowest BCUT2D eigenvalue weighted by atomic mass is 9.90. The minimum Gasteiger partial charge on any atom is -0.282 e. The summed E-state index contributed by atoms with van der Waals surface area (Å²) in [5, 5.41) is 25.8. The highest BCUT2D eigenvalue weighted by molar-refractivity contribution is 7.90. The summed E-state index contributed by atoms with van der Waals surface area (Å²) in [4.78, 5) is 14.2. The number of halogens is 3. The standard InChI is InChI=1S/C24H19F3N6O3S/c1-14-20(13-29)21(19-7-6-15(12-28)10-16(19)8-9-37(2,35)36)33-22(30-31-23(33)34)32(14)18-5-3-4-17(11-18)24(25,26)27/h3-7,10-11,21H,8-9H2,1-2H3,(H,31,34)/t21-/m1/s1. The molecule has 0 saturated heterocycles. The van der Waals surface area contributed by atoms with Crippen LogP contribution < -0.4 is 10.6 Å². The second-order valence-electron chi connectivity index (χ2n) is 8.50. The molecule has 0 bridgehead atoms. The van der Waals surface area contributed by atoms with Crippen molar-refractivity contribution in [2.45, 2.75) is 25.6 Å². The van der Waals surface area contributed by atoms with Crippen molar-refractivity contribution >= 4 is 21.5 Å². The topological polar surface area (TPSA) is 136 Å². The first-order valence-corrected chi connectivity index (χ1v) is 12.9. The van der Waals surface area contributed by atoms with Crippen LogP contribution in [0.1, 0.15) is 35.2 Å². The molecule has 2 heterocycles. The molecule has 190 valence electrons. The predicted octanol–water partition coefficient (Wildman–Crippen LogP) is 3.59. The predicted molar refractivity (Wildman–Crippen MR) is 127 cm³/mol. The molecule has 1 N–H and O–H groups in total. The number of hydrogen-bond donors (Lipinski definition) is 1. The van der Waals surface area contributed by atoms with E-state index in [0.29, 0.717) is 11.1 Å². The molecule has 0 radical (unpaired) electrons. The summed E-state index contributed by atoms with van der Waals surface area (Å²) in [7, 11) is -3.39. The maximum absolute atomic E-state index is 13.4. The molecule has 4 rings (SSSR count). The zero-order chi connectivity index (χ0) is 27.1. The molecule has 0 fully saturated rings. The second kappa shape index (κ2) is 9.26. The van der Waals surface area contributed by atoms with Gasteiger partial charge in [-0.15, -0.1) is 5.10 Å². The first kappa shape index (κ1) is 25.7. The maximum Gasteiger partial charge on any atom is 0.416 e. The van der Waals surface area contributed by atoms with Crippen molar-refractivity contribution in [2.75, 3.05) is 16.9 Å². The van der Waals surface area contributed by atoms with Gasteiger partial charge < -0.3 is 0 Å². The first-order valence-electron chi connectivity index (χ1n) is 10.8. The second-order valence-corrected chi connectivity index (χ2v) is 10.8. The fourth-order valence-corrected chi connectivity index (χ4v) is 4.90. The Kier molecular flexibility index (Phi) is 6.44. The molecular weight excluding hydrogens is 509 g/mol. The smallest absolute Gasteiger partial charge is 0.282 e. The molecule has 0 aliphatic carbocycles. The van der Waals surface area contributed by atoms with Crippen LogP contribution in [0, 0.1) is 22.7 Å². The van der Waals surface area contributed by atoms with E-state index < -0.39 is 33.3 Å². The molecule has 0 saturated carbocycles. The highest BCUT2D eigenvalue weighted by atomic mass is 32.2. The third-order valence-corrected chi connectivity index (χ3v) is 6.95. The van der Waals surface area contributed by atoms with E-state index in [2.05, 4.69) is 16.3 Å². The number of H-pyrrole nitrogens is 1. The van der Waals surface area contributed by atoms with Crippen LogP contribution in [-0.2, 0) is 22.4 Å². The van der Waals surface area contributed by atoms with Gasteiger partial charge >= 0.3 is 11.9 Å². The molecule has 1 aliphatic heterocycles. The number of anilines is 2. The normalized spacial score (nSPS) is 15.8. The molecule has 37 heavy (non-hydrogen) atoms. The largest absolute Gasteiger partial charge is 0.416 e. The summed E-state index contributed by atoms with van der Waals surface area (Å²) in [6.45, 7) is 1.52. The van der Waals surface area contributed by atoms with Crippen LogP contribution in [-0.4, -0.2) is 35.2 Å². The summed E-state index contributed by atoms with van der Waals surface area (Å²) in [5.41, 5.74) is -0.249. The van der Waals surface area contributed by atoms with Gasteiger partial charge in [-0.1, -0.05) is 12.1 Å². The van der Waals surface area contributed by atoms with Crippen LogP contribution in [0.5, 0.6) is 0 Å². The van der Waals surface area contributed by atoms with Crippen LogP contribution in [0.4, 0.5) is 24.8 Å². The SMILES string of the molecule is CC1=C(C#N)[C@@H](c2ccc(C#N)cc2CCS(C)(=O)=O)n2c(n[nH]c2=O)N1c1cccc(C(F)(F)F)c1. The molecule has 0 unspecified atom stereocenters. The zero-order valence-corrected chi connectivity index (χ0v) is 20.4. The van der Waals surface area contributed by atoms with Gasteiger partial charge in [0.1, 0.15) is 15.9 Å². The van der Waals surface area contributed by atoms with Gasteiger partial charge in [-0.2, -0.15) is 23.7 Å². The Hall–Kier alpha value is -4.36. The number of alkyl halides is 3. The number of fused-ring (bicyclic) bond motifs is 1. The molecule has 1 aromatic heterocycles. The summed E-state index contributed by atoms with van der Waals surface area (Å²) in [6.07, 6.45) is -3.54. The van der Waals surface area contributed by atoms with E-state index >= 15 is 0 Å². The number of benzene rings is 2. The molecule has 3 aromatic rings. The minimum absolute atomic E-state index is 0.0111. The number of sulfone groups is 1. The quantitative estimate of drug-likeness (QED) is 0.535. The maximum atomic E-state index is 13.4. The Bertz CT molecular complexity index is 1670. The number of rotatable bonds is 5. The number of nitrogens with zero attached hydrogens (tertiary/aromatic N) is 5. The Morgan fingerprint density at radius 1 is 1.14 bits per heavy atom. The van der Waals surface area contributed by atoms with Crippen molar-refractivity contribution in [3.05, 3.63) is 86.5 Å². The van der Waals surface area contributed by atoms with Crippen LogP contribution in [0.15, 0.2) is 58.5 Å². The number of nitriles is 2. The Morgan fingerprint density at radius 3 is 2.49 bits per heavy atom. The highest BCUT2D eigenvalue weighted by Crippen LogP contribution is 2.43. The van der Waals surface area contributed by atoms with E-state index in [1.807, 2.05) is 6.07 Å². The summed E-state index contributed by atoms with van der Waals surface area (Å²) < 4.78 is 65.0. The van der Waals surface area contributed by atoms with Crippen molar-refractivity contribution in [2.24, 2.45) is 0 Å². The molecule has 1 atom stereocenters. The lowest BCUT2D eigenvalue weighted by Gasteiger charge is -2.35. The summed E-state index contributed by atoms with van der Waals surface area (Å²) in [5.74, 6) is -0.292. The van der Waals surface area contributed by atoms with E-state index in [1.54, 1.807) is 0 Å². The van der Waals surface area contributed by atoms with Crippen LogP contribution in [0.2, 0.25) is 0 Å². The van der Waals surface area contributed by atoms with Crippen LogP contribution in [0.3, 0.4) is 0 Å². The molecule has 0 spiro atoms. The van der Waals surface area contributed by atoms with E-state index in [4.69, 9.17) is 0 Å². The minimum atomic E-state index is -4.62. The summed E-state index contributed by atoms with van der Waals surface area (Å²) >= 11 is 0. The summed E-state index contributed by atoms with van der Waals surface area (Å²) in [6, 6.07) is 11.9. The van der Waals surface area contributed by atoms with E-state index in [-0.39, 0.29) is 40.6 Å². The van der Waals surface area contributed by atoms with Crippen molar-refractivity contribution in [1.82, 2.24) is 14.8 Å². The number of aryl methyl sites for hydroxylation is 1. The van der Waals surface area contributed by atoms with Gasteiger partial charge in [0.05, 0.1) is 34.6 Å². The Balaban J connectivity index is 1.96. The Morgan fingerprint density at radius 2 is 1.86 bits per heavy atom. The van der Waals surface area contributed by atoms with Crippen molar-refractivity contribution < 1.29 is 21.6 Å². The molecule has 2 aromatic carbocycles. The van der Waals surface area contributed by atoms with Gasteiger partial charge in [-0.05, 0) is 54.8 Å². The number of allylic oxidation sites excluding steroid dienone is 2. The van der Waals surface area contributed by atoms with Crippen molar-refractivity contribution in [3.8, 4) is 12.1 Å². The molecular formula is C24H19F3N6O3S.